The Hall–Kier alpha value is -2.33. The minimum atomic E-state index is -0.0997. The minimum absolute atomic E-state index is 0.0997. The first-order chi connectivity index (χ1) is 10.6. The summed E-state index contributed by atoms with van der Waals surface area (Å²) in [5.41, 5.74) is 4.22. The highest BCUT2D eigenvalue weighted by Gasteiger charge is 2.23. The van der Waals surface area contributed by atoms with Crippen LogP contribution >= 0.6 is 11.8 Å². The van der Waals surface area contributed by atoms with E-state index < -0.39 is 0 Å². The molecule has 1 aliphatic rings. The normalized spacial score (nSPS) is 18.0. The summed E-state index contributed by atoms with van der Waals surface area (Å²) in [5, 5.41) is 3.43. The molecule has 1 saturated heterocycles. The second kappa shape index (κ2) is 6.20. The molecule has 2 aromatic rings. The maximum atomic E-state index is 12.0. The average Bonchev–Trinajstić information content (AvgIpc) is 2.81. The van der Waals surface area contributed by atoms with E-state index in [0.717, 1.165) is 11.3 Å². The molecule has 0 unspecified atom stereocenters. The zero-order valence-electron chi connectivity index (χ0n) is 12.5. The molecule has 0 radical (unpaired) electrons. The molecule has 1 amide bonds. The lowest BCUT2D eigenvalue weighted by atomic mass is 10.1. The molecule has 4 heteroatoms. The number of rotatable bonds is 2. The number of hydrogen-bond donors (Lipinski definition) is 1. The van der Waals surface area contributed by atoms with Gasteiger partial charge in [0.25, 0.3) is 5.91 Å². The van der Waals surface area contributed by atoms with Crippen LogP contribution in [0.4, 0.5) is 5.69 Å². The number of thioether (sulfide) groups is 1. The summed E-state index contributed by atoms with van der Waals surface area (Å²) in [5.74, 6) is -0.0997. The predicted octanol–water partition coefficient (Wildman–Crippen LogP) is 4.20. The fraction of sp³-hybridized carbons (Fsp3) is 0.111. The second-order valence-corrected chi connectivity index (χ2v) is 6.26. The van der Waals surface area contributed by atoms with E-state index in [0.29, 0.717) is 10.1 Å². The van der Waals surface area contributed by atoms with E-state index in [2.05, 4.69) is 16.4 Å². The Morgan fingerprint density at radius 3 is 2.55 bits per heavy atom. The van der Waals surface area contributed by atoms with Crippen molar-refractivity contribution in [1.82, 2.24) is 5.32 Å². The van der Waals surface area contributed by atoms with Crippen molar-refractivity contribution < 1.29 is 4.79 Å². The third-order valence-electron chi connectivity index (χ3n) is 3.26. The van der Waals surface area contributed by atoms with Gasteiger partial charge < -0.3 is 5.32 Å². The Bertz CT molecular complexity index is 776. The molecule has 0 aliphatic carbocycles. The lowest BCUT2D eigenvalue weighted by Gasteiger charge is -1.97. The van der Waals surface area contributed by atoms with E-state index in [1.54, 1.807) is 0 Å². The van der Waals surface area contributed by atoms with E-state index in [4.69, 9.17) is 0 Å². The zero-order chi connectivity index (χ0) is 15.5. The van der Waals surface area contributed by atoms with Crippen LogP contribution in [0, 0.1) is 13.8 Å². The van der Waals surface area contributed by atoms with Crippen molar-refractivity contribution in [1.29, 1.82) is 0 Å². The van der Waals surface area contributed by atoms with Gasteiger partial charge in [0.1, 0.15) is 0 Å². The fourth-order valence-corrected chi connectivity index (χ4v) is 2.97. The Balaban J connectivity index is 1.82. The van der Waals surface area contributed by atoms with E-state index in [9.17, 15) is 4.79 Å². The summed E-state index contributed by atoms with van der Waals surface area (Å²) in [6.45, 7) is 4.07. The number of carbonyl (C=O) groups excluding carboxylic acids is 1. The average molecular weight is 308 g/mol. The van der Waals surface area contributed by atoms with Gasteiger partial charge in [-0.05, 0) is 49.4 Å². The van der Waals surface area contributed by atoms with Crippen LogP contribution in [0.2, 0.25) is 0 Å². The van der Waals surface area contributed by atoms with Crippen LogP contribution in [-0.4, -0.2) is 11.1 Å². The van der Waals surface area contributed by atoms with Gasteiger partial charge >= 0.3 is 0 Å². The number of aliphatic imine (C=N–C) groups is 1. The van der Waals surface area contributed by atoms with Crippen LogP contribution in [0.5, 0.6) is 0 Å². The van der Waals surface area contributed by atoms with Crippen molar-refractivity contribution in [3.63, 3.8) is 0 Å². The number of carbonyl (C=O) groups is 1. The van der Waals surface area contributed by atoms with E-state index >= 15 is 0 Å². The molecule has 0 aromatic heterocycles. The van der Waals surface area contributed by atoms with Crippen molar-refractivity contribution in [2.75, 3.05) is 0 Å². The number of amides is 1. The molecule has 0 saturated carbocycles. The van der Waals surface area contributed by atoms with Crippen LogP contribution in [-0.2, 0) is 4.79 Å². The summed E-state index contributed by atoms with van der Waals surface area (Å²) < 4.78 is 0. The number of nitrogens with one attached hydrogen (secondary N) is 1. The van der Waals surface area contributed by atoms with Gasteiger partial charge in [-0.1, -0.05) is 47.5 Å². The van der Waals surface area contributed by atoms with Gasteiger partial charge in [-0.15, -0.1) is 0 Å². The van der Waals surface area contributed by atoms with Gasteiger partial charge in [0.05, 0.1) is 10.6 Å². The molecular weight excluding hydrogens is 292 g/mol. The van der Waals surface area contributed by atoms with Gasteiger partial charge in [-0.2, -0.15) is 0 Å². The molecule has 1 fully saturated rings. The molecule has 0 spiro atoms. The van der Waals surface area contributed by atoms with Gasteiger partial charge in [0, 0.05) is 0 Å². The van der Waals surface area contributed by atoms with Crippen LogP contribution < -0.4 is 5.32 Å². The molecule has 1 heterocycles. The summed E-state index contributed by atoms with van der Waals surface area (Å²) in [6.07, 6.45) is 1.89. The predicted molar refractivity (Wildman–Crippen MR) is 93.2 cm³/mol. The lowest BCUT2D eigenvalue weighted by molar-refractivity contribution is -0.115. The Kier molecular flexibility index (Phi) is 4.11. The molecule has 0 bridgehead atoms. The topological polar surface area (TPSA) is 41.5 Å². The summed E-state index contributed by atoms with van der Waals surface area (Å²) in [4.78, 5) is 17.2. The highest BCUT2D eigenvalue weighted by atomic mass is 32.2. The summed E-state index contributed by atoms with van der Waals surface area (Å²) in [6, 6.07) is 16.0. The van der Waals surface area contributed by atoms with E-state index in [-0.39, 0.29) is 5.91 Å². The molecule has 3 nitrogen and oxygen atoms in total. The molecule has 1 N–H and O–H groups in total. The van der Waals surface area contributed by atoms with Crippen molar-refractivity contribution in [2.45, 2.75) is 13.8 Å². The molecule has 22 heavy (non-hydrogen) atoms. The number of benzene rings is 2. The Morgan fingerprint density at radius 1 is 1.05 bits per heavy atom. The molecule has 1 aliphatic heterocycles. The van der Waals surface area contributed by atoms with Crippen LogP contribution in [0.15, 0.2) is 58.4 Å². The summed E-state index contributed by atoms with van der Waals surface area (Å²) >= 11 is 1.37. The number of nitrogens with zero attached hydrogens (tertiary/aromatic N) is 1. The monoisotopic (exact) mass is 308 g/mol. The lowest BCUT2D eigenvalue weighted by Crippen LogP contribution is -2.19. The smallest absolute Gasteiger partial charge is 0.264 e. The number of amidine groups is 1. The number of aryl methyl sites for hydroxylation is 2. The minimum Gasteiger partial charge on any atom is -0.300 e. The second-order valence-electron chi connectivity index (χ2n) is 5.23. The van der Waals surface area contributed by atoms with Gasteiger partial charge in [-0.3, -0.25) is 4.79 Å². The van der Waals surface area contributed by atoms with Crippen molar-refractivity contribution >= 4 is 34.6 Å². The van der Waals surface area contributed by atoms with Crippen molar-refractivity contribution in [3.8, 4) is 0 Å². The van der Waals surface area contributed by atoms with Crippen molar-refractivity contribution in [2.24, 2.45) is 4.99 Å². The van der Waals surface area contributed by atoms with Crippen LogP contribution in [0.3, 0.4) is 0 Å². The fourth-order valence-electron chi connectivity index (χ4n) is 2.13. The van der Waals surface area contributed by atoms with Crippen LogP contribution in [0.25, 0.3) is 6.08 Å². The first kappa shape index (κ1) is 14.6. The molecular formula is C18H16N2OS. The maximum Gasteiger partial charge on any atom is 0.264 e. The van der Waals surface area contributed by atoms with E-state index in [1.165, 1.54) is 22.9 Å². The van der Waals surface area contributed by atoms with Gasteiger partial charge in [0.15, 0.2) is 5.17 Å². The number of hydrogen-bond acceptors (Lipinski definition) is 3. The van der Waals surface area contributed by atoms with Gasteiger partial charge in [-0.25, -0.2) is 4.99 Å². The SMILES string of the molecule is Cc1ccc(N=C2NC(=O)/C(=C/c3cccc(C)c3)S2)cc1. The highest BCUT2D eigenvalue weighted by molar-refractivity contribution is 8.18. The van der Waals surface area contributed by atoms with Gasteiger partial charge in [0.2, 0.25) is 0 Å². The highest BCUT2D eigenvalue weighted by Crippen LogP contribution is 2.28. The third kappa shape index (κ3) is 3.46. The van der Waals surface area contributed by atoms with Crippen LogP contribution in [0.1, 0.15) is 16.7 Å². The Labute approximate surface area is 134 Å². The van der Waals surface area contributed by atoms with Crippen molar-refractivity contribution in [3.05, 3.63) is 70.1 Å². The summed E-state index contributed by atoms with van der Waals surface area (Å²) in [7, 11) is 0. The molecule has 3 rings (SSSR count). The first-order valence-corrected chi connectivity index (χ1v) is 7.85. The third-order valence-corrected chi connectivity index (χ3v) is 4.17. The Morgan fingerprint density at radius 2 is 1.82 bits per heavy atom. The zero-order valence-corrected chi connectivity index (χ0v) is 13.3. The standard InChI is InChI=1S/C18H16N2OS/c1-12-6-8-15(9-7-12)19-18-20-17(21)16(22-18)11-14-5-3-4-13(2)10-14/h3-11H,1-2H3,(H,19,20,21)/b16-11-. The molecule has 0 atom stereocenters. The largest absolute Gasteiger partial charge is 0.300 e. The molecule has 110 valence electrons. The quantitative estimate of drug-likeness (QED) is 0.845. The molecule has 2 aromatic carbocycles. The maximum absolute atomic E-state index is 12.0. The van der Waals surface area contributed by atoms with E-state index in [1.807, 2.05) is 62.4 Å². The first-order valence-electron chi connectivity index (χ1n) is 7.03.